The molecule has 0 aliphatic carbocycles. The van der Waals surface area contributed by atoms with Gasteiger partial charge in [0.25, 0.3) is 0 Å². The van der Waals surface area contributed by atoms with E-state index in [9.17, 15) is 9.59 Å². The topological polar surface area (TPSA) is 74.2 Å². The Balaban J connectivity index is 1.86. The number of aliphatic imine (C=N–C) groups is 1. The predicted octanol–water partition coefficient (Wildman–Crippen LogP) is 2.97. The first kappa shape index (κ1) is 16.4. The van der Waals surface area contributed by atoms with Crippen molar-refractivity contribution in [3.8, 4) is 11.5 Å². The maximum absolute atomic E-state index is 12.0. The molecular weight excluding hydrogens is 322 g/mol. The van der Waals surface area contributed by atoms with E-state index < -0.39 is 11.9 Å². The number of esters is 2. The fourth-order valence-electron chi connectivity index (χ4n) is 2.26. The Kier molecular flexibility index (Phi) is 4.61. The van der Waals surface area contributed by atoms with Crippen LogP contribution in [0, 0.1) is 0 Å². The van der Waals surface area contributed by atoms with Crippen molar-refractivity contribution in [1.82, 2.24) is 0 Å². The summed E-state index contributed by atoms with van der Waals surface area (Å²) in [6.45, 7) is 1.32. The molecule has 0 spiro atoms. The normalized spacial score (nSPS) is 14.9. The second-order valence-electron chi connectivity index (χ2n) is 5.23. The minimum Gasteiger partial charge on any atom is -0.497 e. The van der Waals surface area contributed by atoms with Gasteiger partial charge in [-0.25, -0.2) is 9.79 Å². The fraction of sp³-hybridized carbons (Fsp3) is 0.105. The lowest BCUT2D eigenvalue weighted by molar-refractivity contribution is -0.132. The van der Waals surface area contributed by atoms with Gasteiger partial charge in [-0.15, -0.1) is 0 Å². The van der Waals surface area contributed by atoms with Gasteiger partial charge in [0.2, 0.25) is 5.90 Å². The molecule has 0 saturated carbocycles. The average molecular weight is 337 g/mol. The number of carbonyl (C=O) groups is 2. The Bertz CT molecular complexity index is 881. The van der Waals surface area contributed by atoms with Crippen molar-refractivity contribution in [3.63, 3.8) is 0 Å². The van der Waals surface area contributed by atoms with Crippen LogP contribution in [0.1, 0.15) is 18.1 Å². The van der Waals surface area contributed by atoms with Crippen molar-refractivity contribution >= 4 is 23.9 Å². The highest BCUT2D eigenvalue weighted by atomic mass is 16.6. The molecule has 0 atom stereocenters. The van der Waals surface area contributed by atoms with Crippen LogP contribution in [0.25, 0.3) is 6.08 Å². The van der Waals surface area contributed by atoms with Gasteiger partial charge in [0.05, 0.1) is 7.11 Å². The number of cyclic esters (lactones) is 1. The lowest BCUT2D eigenvalue weighted by atomic mass is 10.2. The molecule has 0 unspecified atom stereocenters. The Morgan fingerprint density at radius 3 is 2.56 bits per heavy atom. The summed E-state index contributed by atoms with van der Waals surface area (Å²) >= 11 is 0. The van der Waals surface area contributed by atoms with Crippen LogP contribution in [0.2, 0.25) is 0 Å². The molecule has 3 rings (SSSR count). The zero-order chi connectivity index (χ0) is 17.8. The molecule has 0 N–H and O–H groups in total. The smallest absolute Gasteiger partial charge is 0.363 e. The van der Waals surface area contributed by atoms with Gasteiger partial charge < -0.3 is 14.2 Å². The molecule has 2 aromatic rings. The van der Waals surface area contributed by atoms with E-state index in [2.05, 4.69) is 4.99 Å². The van der Waals surface area contributed by atoms with Crippen LogP contribution in [0.5, 0.6) is 11.5 Å². The molecule has 0 bridgehead atoms. The molecule has 1 heterocycles. The number of carbonyl (C=O) groups excluding carboxylic acids is 2. The van der Waals surface area contributed by atoms with E-state index in [1.165, 1.54) is 6.92 Å². The summed E-state index contributed by atoms with van der Waals surface area (Å²) in [6.07, 6.45) is 1.58. The molecule has 0 fully saturated rings. The van der Waals surface area contributed by atoms with E-state index in [0.29, 0.717) is 22.6 Å². The number of hydrogen-bond donors (Lipinski definition) is 0. The van der Waals surface area contributed by atoms with Crippen LogP contribution in [-0.4, -0.2) is 24.9 Å². The van der Waals surface area contributed by atoms with Gasteiger partial charge in [0.15, 0.2) is 5.70 Å². The van der Waals surface area contributed by atoms with Gasteiger partial charge in [-0.2, -0.15) is 0 Å². The lowest BCUT2D eigenvalue weighted by Crippen LogP contribution is -2.05. The Hall–Kier alpha value is -3.41. The quantitative estimate of drug-likeness (QED) is 0.487. The molecule has 0 aromatic heterocycles. The minimum absolute atomic E-state index is 0.172. The first-order valence-corrected chi connectivity index (χ1v) is 7.50. The van der Waals surface area contributed by atoms with Gasteiger partial charge in [-0.3, -0.25) is 4.79 Å². The van der Waals surface area contributed by atoms with E-state index in [4.69, 9.17) is 14.2 Å². The minimum atomic E-state index is -0.538. The third kappa shape index (κ3) is 3.92. The van der Waals surface area contributed by atoms with Crippen molar-refractivity contribution in [2.45, 2.75) is 6.92 Å². The highest BCUT2D eigenvalue weighted by Crippen LogP contribution is 2.22. The zero-order valence-electron chi connectivity index (χ0n) is 13.7. The van der Waals surface area contributed by atoms with Crippen LogP contribution in [0.4, 0.5) is 0 Å². The predicted molar refractivity (Wildman–Crippen MR) is 91.4 cm³/mol. The molecule has 1 aliphatic rings. The van der Waals surface area contributed by atoms with E-state index in [0.717, 1.165) is 0 Å². The van der Waals surface area contributed by atoms with Crippen molar-refractivity contribution in [3.05, 3.63) is 65.4 Å². The molecule has 0 amide bonds. The van der Waals surface area contributed by atoms with Gasteiger partial charge >= 0.3 is 11.9 Å². The monoisotopic (exact) mass is 337 g/mol. The van der Waals surface area contributed by atoms with Crippen LogP contribution >= 0.6 is 0 Å². The molecule has 2 aromatic carbocycles. The Morgan fingerprint density at radius 1 is 1.12 bits per heavy atom. The summed E-state index contributed by atoms with van der Waals surface area (Å²) in [7, 11) is 1.58. The van der Waals surface area contributed by atoms with Crippen LogP contribution in [0.3, 0.4) is 0 Å². The van der Waals surface area contributed by atoms with E-state index in [-0.39, 0.29) is 11.6 Å². The summed E-state index contributed by atoms with van der Waals surface area (Å²) in [5.74, 6) is 0.378. The molecule has 1 aliphatic heterocycles. The summed E-state index contributed by atoms with van der Waals surface area (Å²) in [4.78, 5) is 27.3. The highest BCUT2D eigenvalue weighted by Gasteiger charge is 2.24. The van der Waals surface area contributed by atoms with Crippen molar-refractivity contribution in [2.24, 2.45) is 4.99 Å². The van der Waals surface area contributed by atoms with Crippen LogP contribution in [-0.2, 0) is 14.3 Å². The highest BCUT2D eigenvalue weighted by molar-refractivity contribution is 6.12. The van der Waals surface area contributed by atoms with Gasteiger partial charge in [0, 0.05) is 12.5 Å². The van der Waals surface area contributed by atoms with Crippen molar-refractivity contribution in [1.29, 1.82) is 0 Å². The van der Waals surface area contributed by atoms with Gasteiger partial charge in [-0.05, 0) is 48.0 Å². The molecule has 25 heavy (non-hydrogen) atoms. The molecule has 0 radical (unpaired) electrons. The number of ether oxygens (including phenoxy) is 3. The van der Waals surface area contributed by atoms with Crippen LogP contribution in [0.15, 0.2) is 59.2 Å². The summed E-state index contributed by atoms with van der Waals surface area (Å²) in [6, 6.07) is 13.8. The Labute approximate surface area is 144 Å². The number of benzene rings is 2. The summed E-state index contributed by atoms with van der Waals surface area (Å²) in [5, 5.41) is 0. The second-order valence-corrected chi connectivity index (χ2v) is 5.23. The number of rotatable bonds is 4. The Morgan fingerprint density at radius 2 is 1.88 bits per heavy atom. The summed E-state index contributed by atoms with van der Waals surface area (Å²) in [5.41, 5.74) is 1.52. The third-order valence-corrected chi connectivity index (χ3v) is 3.38. The number of methoxy groups -OCH3 is 1. The van der Waals surface area contributed by atoms with Gasteiger partial charge in [-0.1, -0.05) is 12.1 Å². The second kappa shape index (κ2) is 7.00. The maximum Gasteiger partial charge on any atom is 0.363 e. The molecule has 126 valence electrons. The summed E-state index contributed by atoms with van der Waals surface area (Å²) < 4.78 is 15.3. The van der Waals surface area contributed by atoms with Crippen LogP contribution < -0.4 is 9.47 Å². The standard InChI is InChI=1S/C19H15NO5/c1-12(21)24-16-5-3-4-13(10-16)11-17-19(22)25-18(20-17)14-6-8-15(23-2)9-7-14/h3-11H,1-2H3. The molecule has 6 nitrogen and oxygen atoms in total. The van der Waals surface area contributed by atoms with Crippen molar-refractivity contribution < 1.29 is 23.8 Å². The first-order valence-electron chi connectivity index (χ1n) is 7.50. The number of nitrogens with zero attached hydrogens (tertiary/aromatic N) is 1. The largest absolute Gasteiger partial charge is 0.497 e. The maximum atomic E-state index is 12.0. The molecular formula is C19H15NO5. The van der Waals surface area contributed by atoms with Gasteiger partial charge in [0.1, 0.15) is 11.5 Å². The first-order chi connectivity index (χ1) is 12.0. The fourth-order valence-corrected chi connectivity index (χ4v) is 2.26. The van der Waals surface area contributed by atoms with E-state index in [1.54, 1.807) is 61.7 Å². The van der Waals surface area contributed by atoms with Crippen molar-refractivity contribution in [2.75, 3.05) is 7.11 Å². The van der Waals surface area contributed by atoms with E-state index in [1.807, 2.05) is 0 Å². The average Bonchev–Trinajstić information content (AvgIpc) is 2.95. The SMILES string of the molecule is COc1ccc(C2=NC(=Cc3cccc(OC(C)=O)c3)C(=O)O2)cc1. The lowest BCUT2D eigenvalue weighted by Gasteiger charge is -2.01. The van der Waals surface area contributed by atoms with E-state index >= 15 is 0 Å². The zero-order valence-corrected chi connectivity index (χ0v) is 13.7. The third-order valence-electron chi connectivity index (χ3n) is 3.38. The number of hydrogen-bond acceptors (Lipinski definition) is 6. The molecule has 0 saturated heterocycles. The molecule has 6 heteroatoms.